The molecule has 0 fully saturated rings. The Labute approximate surface area is 102 Å². The summed E-state index contributed by atoms with van der Waals surface area (Å²) in [6.07, 6.45) is -4.64. The smallest absolute Gasteiger partial charge is 0.232 e. The van der Waals surface area contributed by atoms with E-state index >= 15 is 0 Å². The fraction of sp³-hybridized carbons (Fsp3) is 0.125. The summed E-state index contributed by atoms with van der Waals surface area (Å²) in [4.78, 5) is 3.18. The van der Waals surface area contributed by atoms with Crippen LogP contribution in [0.2, 0.25) is 5.02 Å². The molecular weight excluding hydrogens is 318 g/mol. The van der Waals surface area contributed by atoms with Crippen molar-refractivity contribution >= 4 is 50.0 Å². The van der Waals surface area contributed by atoms with Gasteiger partial charge in [-0.15, -0.1) is 0 Å². The quantitative estimate of drug-likeness (QED) is 0.650. The van der Waals surface area contributed by atoms with Crippen molar-refractivity contribution in [2.45, 2.75) is 6.18 Å². The van der Waals surface area contributed by atoms with Crippen LogP contribution in [0.5, 0.6) is 0 Å². The van der Waals surface area contributed by atoms with Gasteiger partial charge in [-0.2, -0.15) is 13.2 Å². The van der Waals surface area contributed by atoms with Gasteiger partial charge in [0, 0.05) is 4.47 Å². The standard InChI is InChI=1S/C8H3BrCl2F3N/c9-5-2-1-4(3-6(5)10)15-7(11)8(12,13)14/h1-3H. The highest BCUT2D eigenvalue weighted by molar-refractivity contribution is 9.10. The van der Waals surface area contributed by atoms with Crippen molar-refractivity contribution in [2.24, 2.45) is 4.99 Å². The van der Waals surface area contributed by atoms with Gasteiger partial charge in [-0.3, -0.25) is 0 Å². The van der Waals surface area contributed by atoms with Crippen LogP contribution in [-0.2, 0) is 0 Å². The predicted octanol–water partition coefficient (Wildman–Crippen LogP) is 4.93. The maximum Gasteiger partial charge on any atom is 0.444 e. The summed E-state index contributed by atoms with van der Waals surface area (Å²) < 4.78 is 36.6. The fourth-order valence-electron chi connectivity index (χ4n) is 0.731. The predicted molar refractivity (Wildman–Crippen MR) is 58.2 cm³/mol. The molecule has 1 rings (SSSR count). The van der Waals surface area contributed by atoms with Gasteiger partial charge in [-0.25, -0.2) is 4.99 Å². The van der Waals surface area contributed by atoms with Gasteiger partial charge in [0.15, 0.2) is 0 Å². The molecule has 0 atom stereocenters. The van der Waals surface area contributed by atoms with E-state index in [-0.39, 0.29) is 10.7 Å². The molecule has 0 saturated heterocycles. The largest absolute Gasteiger partial charge is 0.444 e. The highest BCUT2D eigenvalue weighted by atomic mass is 79.9. The third-order valence-corrected chi connectivity index (χ3v) is 2.90. The topological polar surface area (TPSA) is 12.4 Å². The van der Waals surface area contributed by atoms with E-state index in [0.717, 1.165) is 0 Å². The Balaban J connectivity index is 3.04. The minimum atomic E-state index is -4.64. The molecule has 0 radical (unpaired) electrons. The monoisotopic (exact) mass is 319 g/mol. The number of hydrogen-bond donors (Lipinski definition) is 0. The lowest BCUT2D eigenvalue weighted by Gasteiger charge is -2.03. The van der Waals surface area contributed by atoms with Gasteiger partial charge in [0.1, 0.15) is 0 Å². The molecule has 0 spiro atoms. The molecule has 0 aromatic heterocycles. The van der Waals surface area contributed by atoms with Crippen LogP contribution in [0.25, 0.3) is 0 Å². The Bertz CT molecular complexity index is 403. The van der Waals surface area contributed by atoms with E-state index in [1.54, 1.807) is 0 Å². The SMILES string of the molecule is FC(F)(F)C(Cl)=Nc1ccc(Br)c(Cl)c1. The van der Waals surface area contributed by atoms with Crippen LogP contribution in [0.4, 0.5) is 18.9 Å². The second kappa shape index (κ2) is 4.72. The molecule has 0 unspecified atom stereocenters. The van der Waals surface area contributed by atoms with Crippen LogP contribution in [-0.4, -0.2) is 11.3 Å². The number of nitrogens with zero attached hydrogens (tertiary/aromatic N) is 1. The molecule has 0 aliphatic heterocycles. The first-order valence-electron chi connectivity index (χ1n) is 3.57. The van der Waals surface area contributed by atoms with Gasteiger partial charge < -0.3 is 0 Å². The van der Waals surface area contributed by atoms with Gasteiger partial charge in [0.05, 0.1) is 10.7 Å². The number of benzene rings is 1. The zero-order chi connectivity index (χ0) is 11.6. The van der Waals surface area contributed by atoms with E-state index in [1.165, 1.54) is 18.2 Å². The molecule has 1 aromatic rings. The summed E-state index contributed by atoms with van der Waals surface area (Å²) in [7, 11) is 0. The summed E-state index contributed by atoms with van der Waals surface area (Å²) in [6.45, 7) is 0. The lowest BCUT2D eigenvalue weighted by Crippen LogP contribution is -2.16. The first-order valence-corrected chi connectivity index (χ1v) is 5.12. The van der Waals surface area contributed by atoms with E-state index in [9.17, 15) is 13.2 Å². The number of aliphatic imine (C=N–C) groups is 1. The molecule has 0 heterocycles. The lowest BCUT2D eigenvalue weighted by atomic mass is 10.3. The van der Waals surface area contributed by atoms with Crippen molar-refractivity contribution in [3.05, 3.63) is 27.7 Å². The van der Waals surface area contributed by atoms with E-state index in [0.29, 0.717) is 4.47 Å². The summed E-state index contributed by atoms with van der Waals surface area (Å²) in [6, 6.07) is 4.13. The maximum absolute atomic E-state index is 12.0. The Hall–Kier alpha value is -0.260. The molecule has 82 valence electrons. The van der Waals surface area contributed by atoms with Crippen molar-refractivity contribution in [1.82, 2.24) is 0 Å². The Kier molecular flexibility index (Phi) is 4.03. The molecule has 7 heteroatoms. The zero-order valence-electron chi connectivity index (χ0n) is 6.95. The van der Waals surface area contributed by atoms with E-state index in [1.807, 2.05) is 0 Å². The fourth-order valence-corrected chi connectivity index (χ4v) is 1.25. The van der Waals surface area contributed by atoms with Gasteiger partial charge in [0.25, 0.3) is 0 Å². The number of hydrogen-bond acceptors (Lipinski definition) is 1. The first kappa shape index (κ1) is 12.8. The second-order valence-electron chi connectivity index (χ2n) is 2.50. The number of rotatable bonds is 1. The molecule has 0 N–H and O–H groups in total. The van der Waals surface area contributed by atoms with E-state index < -0.39 is 11.3 Å². The minimum Gasteiger partial charge on any atom is -0.232 e. The third kappa shape index (κ3) is 3.66. The maximum atomic E-state index is 12.0. The summed E-state index contributed by atoms with van der Waals surface area (Å²) >= 11 is 13.7. The zero-order valence-corrected chi connectivity index (χ0v) is 10.0. The molecule has 1 nitrogen and oxygen atoms in total. The van der Waals surface area contributed by atoms with Crippen LogP contribution in [0.1, 0.15) is 0 Å². The van der Waals surface area contributed by atoms with Crippen LogP contribution in [0.15, 0.2) is 27.7 Å². The molecule has 15 heavy (non-hydrogen) atoms. The molecule has 0 bridgehead atoms. The molecule has 0 aliphatic rings. The van der Waals surface area contributed by atoms with Crippen molar-refractivity contribution in [3.63, 3.8) is 0 Å². The van der Waals surface area contributed by atoms with E-state index in [2.05, 4.69) is 20.9 Å². The van der Waals surface area contributed by atoms with Crippen LogP contribution < -0.4 is 0 Å². The average Bonchev–Trinajstić information content (AvgIpc) is 2.10. The minimum absolute atomic E-state index is 0.0468. The van der Waals surface area contributed by atoms with Gasteiger partial charge in [-0.1, -0.05) is 23.2 Å². The highest BCUT2D eigenvalue weighted by Gasteiger charge is 2.34. The summed E-state index contributed by atoms with van der Waals surface area (Å²) in [5.41, 5.74) is 0.0468. The molecule has 1 aromatic carbocycles. The number of halogens is 6. The normalized spacial score (nSPS) is 13.1. The van der Waals surface area contributed by atoms with Crippen LogP contribution in [0.3, 0.4) is 0 Å². The molecule has 0 amide bonds. The molecule has 0 saturated carbocycles. The number of alkyl halides is 3. The Morgan fingerprint density at radius 2 is 1.93 bits per heavy atom. The van der Waals surface area contributed by atoms with Crippen molar-refractivity contribution in [3.8, 4) is 0 Å². The molecular formula is C8H3BrCl2F3N. The first-order chi connectivity index (χ1) is 6.80. The third-order valence-electron chi connectivity index (χ3n) is 1.36. The summed E-state index contributed by atoms with van der Waals surface area (Å²) in [5.74, 6) is 0. The lowest BCUT2D eigenvalue weighted by molar-refractivity contribution is -0.0558. The van der Waals surface area contributed by atoms with Crippen molar-refractivity contribution in [1.29, 1.82) is 0 Å². The van der Waals surface area contributed by atoms with Crippen LogP contribution in [0, 0.1) is 0 Å². The van der Waals surface area contributed by atoms with Crippen molar-refractivity contribution in [2.75, 3.05) is 0 Å². The second-order valence-corrected chi connectivity index (χ2v) is 4.12. The summed E-state index contributed by atoms with van der Waals surface area (Å²) in [5, 5.41) is -1.16. The van der Waals surface area contributed by atoms with E-state index in [4.69, 9.17) is 23.2 Å². The van der Waals surface area contributed by atoms with Gasteiger partial charge in [-0.05, 0) is 34.1 Å². The highest BCUT2D eigenvalue weighted by Crippen LogP contribution is 2.29. The van der Waals surface area contributed by atoms with Crippen molar-refractivity contribution < 1.29 is 13.2 Å². The van der Waals surface area contributed by atoms with Gasteiger partial charge in [0.2, 0.25) is 5.17 Å². The van der Waals surface area contributed by atoms with Crippen LogP contribution >= 0.6 is 39.1 Å². The average molecular weight is 321 g/mol. The van der Waals surface area contributed by atoms with Gasteiger partial charge >= 0.3 is 6.18 Å². The Morgan fingerprint density at radius 1 is 1.33 bits per heavy atom. The molecule has 0 aliphatic carbocycles. The Morgan fingerprint density at radius 3 is 2.40 bits per heavy atom.